The van der Waals surface area contributed by atoms with Crippen LogP contribution in [0.2, 0.25) is 0 Å². The Kier molecular flexibility index (Phi) is 7.25. The molecule has 0 bridgehead atoms. The predicted octanol–water partition coefficient (Wildman–Crippen LogP) is 4.21. The highest BCUT2D eigenvalue weighted by Crippen LogP contribution is 2.18. The molecular weight excluding hydrogens is 256 g/mol. The average Bonchev–Trinajstić information content (AvgIpc) is 3.30. The Hall–Kier alpha value is -0.860. The topological polar surface area (TPSA) is 15.3 Å². The zero-order valence-corrected chi connectivity index (χ0v) is 13.9. The summed E-state index contributed by atoms with van der Waals surface area (Å²) in [7, 11) is 0. The van der Waals surface area contributed by atoms with Crippen LogP contribution in [0.15, 0.2) is 30.3 Å². The second-order valence-corrected chi connectivity index (χ2v) is 6.69. The molecule has 0 spiro atoms. The van der Waals surface area contributed by atoms with Gasteiger partial charge < -0.3 is 5.32 Å². The first-order valence-electron chi connectivity index (χ1n) is 8.77. The van der Waals surface area contributed by atoms with E-state index in [-0.39, 0.29) is 0 Å². The van der Waals surface area contributed by atoms with E-state index in [1.54, 1.807) is 0 Å². The first kappa shape index (κ1) is 16.5. The number of unbranched alkanes of at least 4 members (excludes halogenated alkanes) is 3. The lowest BCUT2D eigenvalue weighted by Gasteiger charge is -2.26. The molecule has 0 saturated heterocycles. The second kappa shape index (κ2) is 9.22. The van der Waals surface area contributed by atoms with Gasteiger partial charge in [-0.05, 0) is 58.2 Å². The van der Waals surface area contributed by atoms with Gasteiger partial charge in [-0.15, -0.1) is 0 Å². The molecule has 0 amide bonds. The van der Waals surface area contributed by atoms with Crippen molar-refractivity contribution in [1.82, 2.24) is 10.2 Å². The van der Waals surface area contributed by atoms with Crippen molar-refractivity contribution in [3.63, 3.8) is 0 Å². The molecule has 0 aliphatic heterocycles. The molecule has 0 aromatic heterocycles. The van der Waals surface area contributed by atoms with Crippen LogP contribution in [0, 0.1) is 0 Å². The van der Waals surface area contributed by atoms with E-state index in [1.165, 1.54) is 57.2 Å². The van der Waals surface area contributed by atoms with Crippen LogP contribution in [0.25, 0.3) is 0 Å². The van der Waals surface area contributed by atoms with Gasteiger partial charge in [0.05, 0.1) is 0 Å². The van der Waals surface area contributed by atoms with Crippen LogP contribution < -0.4 is 5.32 Å². The zero-order valence-electron chi connectivity index (χ0n) is 13.9. The van der Waals surface area contributed by atoms with Crippen molar-refractivity contribution >= 4 is 0 Å². The maximum atomic E-state index is 3.60. The summed E-state index contributed by atoms with van der Waals surface area (Å²) in [5.41, 5.74) is 1.43. The van der Waals surface area contributed by atoms with Crippen LogP contribution in [-0.2, 0) is 6.54 Å². The summed E-state index contributed by atoms with van der Waals surface area (Å²) in [5, 5.41) is 3.60. The van der Waals surface area contributed by atoms with Gasteiger partial charge in [0.25, 0.3) is 0 Å². The minimum Gasteiger partial charge on any atom is -0.314 e. The number of hydrogen-bond acceptors (Lipinski definition) is 2. The smallest absolute Gasteiger partial charge is 0.0236 e. The highest BCUT2D eigenvalue weighted by atomic mass is 15.1. The molecule has 2 rings (SSSR count). The van der Waals surface area contributed by atoms with Crippen molar-refractivity contribution in [1.29, 1.82) is 0 Å². The fourth-order valence-corrected chi connectivity index (χ4v) is 2.72. The van der Waals surface area contributed by atoms with Gasteiger partial charge >= 0.3 is 0 Å². The fourth-order valence-electron chi connectivity index (χ4n) is 2.72. The first-order valence-corrected chi connectivity index (χ1v) is 8.77. The normalized spacial score (nSPS) is 15.0. The van der Waals surface area contributed by atoms with E-state index >= 15 is 0 Å². The third kappa shape index (κ3) is 7.10. The van der Waals surface area contributed by atoms with E-state index in [4.69, 9.17) is 0 Å². The Balaban J connectivity index is 1.56. The second-order valence-electron chi connectivity index (χ2n) is 6.69. The summed E-state index contributed by atoms with van der Waals surface area (Å²) in [6.45, 7) is 8.15. The molecule has 1 saturated carbocycles. The standard InChI is InChI=1S/C19H32N2/c1-17(2)21(16-18-10-6-5-7-11-18)15-9-4-3-8-14-20-19-12-13-19/h5-7,10-11,17,19-20H,3-4,8-9,12-16H2,1-2H3. The minimum atomic E-state index is 0.627. The van der Waals surface area contributed by atoms with Crippen molar-refractivity contribution in [2.75, 3.05) is 13.1 Å². The molecule has 0 unspecified atom stereocenters. The highest BCUT2D eigenvalue weighted by Gasteiger charge is 2.19. The van der Waals surface area contributed by atoms with Crippen molar-refractivity contribution in [2.45, 2.75) is 71.0 Å². The van der Waals surface area contributed by atoms with Crippen molar-refractivity contribution in [3.05, 3.63) is 35.9 Å². The van der Waals surface area contributed by atoms with E-state index in [2.05, 4.69) is 54.4 Å². The predicted molar refractivity (Wildman–Crippen MR) is 91.5 cm³/mol. The molecule has 1 N–H and O–H groups in total. The Morgan fingerprint density at radius 1 is 1.05 bits per heavy atom. The largest absolute Gasteiger partial charge is 0.314 e. The molecule has 2 nitrogen and oxygen atoms in total. The van der Waals surface area contributed by atoms with Gasteiger partial charge in [0.15, 0.2) is 0 Å². The van der Waals surface area contributed by atoms with Crippen LogP contribution in [0.1, 0.15) is 57.9 Å². The number of benzene rings is 1. The van der Waals surface area contributed by atoms with Crippen molar-refractivity contribution < 1.29 is 0 Å². The molecule has 2 heteroatoms. The van der Waals surface area contributed by atoms with Gasteiger partial charge in [-0.1, -0.05) is 43.2 Å². The highest BCUT2D eigenvalue weighted by molar-refractivity contribution is 5.14. The number of hydrogen-bond donors (Lipinski definition) is 1. The summed E-state index contributed by atoms with van der Waals surface area (Å²) in [4.78, 5) is 2.60. The Morgan fingerprint density at radius 3 is 2.43 bits per heavy atom. The Labute approximate surface area is 130 Å². The maximum absolute atomic E-state index is 3.60. The van der Waals surface area contributed by atoms with E-state index in [0.717, 1.165) is 12.6 Å². The van der Waals surface area contributed by atoms with E-state index < -0.39 is 0 Å². The van der Waals surface area contributed by atoms with Crippen LogP contribution in [-0.4, -0.2) is 30.1 Å². The van der Waals surface area contributed by atoms with Gasteiger partial charge in [-0.2, -0.15) is 0 Å². The zero-order chi connectivity index (χ0) is 14.9. The summed E-state index contributed by atoms with van der Waals surface area (Å²) in [6.07, 6.45) is 8.22. The van der Waals surface area contributed by atoms with Crippen molar-refractivity contribution in [3.8, 4) is 0 Å². The molecule has 0 radical (unpaired) electrons. The van der Waals surface area contributed by atoms with E-state index in [0.29, 0.717) is 6.04 Å². The van der Waals surface area contributed by atoms with Gasteiger partial charge in [0, 0.05) is 18.6 Å². The molecule has 1 aromatic carbocycles. The van der Waals surface area contributed by atoms with Crippen molar-refractivity contribution in [2.24, 2.45) is 0 Å². The van der Waals surface area contributed by atoms with E-state index in [9.17, 15) is 0 Å². The van der Waals surface area contributed by atoms with Crippen LogP contribution in [0.5, 0.6) is 0 Å². The summed E-state index contributed by atoms with van der Waals surface area (Å²) in [5.74, 6) is 0. The van der Waals surface area contributed by atoms with Gasteiger partial charge in [-0.3, -0.25) is 4.90 Å². The average molecular weight is 288 g/mol. The Bertz CT molecular complexity index is 370. The number of nitrogens with one attached hydrogen (secondary N) is 1. The molecular formula is C19H32N2. The van der Waals surface area contributed by atoms with Crippen LogP contribution in [0.3, 0.4) is 0 Å². The SMILES string of the molecule is CC(C)N(CCCCCCNC1CC1)Cc1ccccc1. The van der Waals surface area contributed by atoms with Gasteiger partial charge in [0.2, 0.25) is 0 Å². The maximum Gasteiger partial charge on any atom is 0.0236 e. The number of nitrogens with zero attached hydrogens (tertiary/aromatic N) is 1. The monoisotopic (exact) mass is 288 g/mol. The van der Waals surface area contributed by atoms with Gasteiger partial charge in [0.1, 0.15) is 0 Å². The molecule has 0 atom stereocenters. The minimum absolute atomic E-state index is 0.627. The summed E-state index contributed by atoms with van der Waals surface area (Å²) < 4.78 is 0. The number of rotatable bonds is 11. The lowest BCUT2D eigenvalue weighted by Crippen LogP contribution is -2.31. The quantitative estimate of drug-likeness (QED) is 0.614. The van der Waals surface area contributed by atoms with Gasteiger partial charge in [-0.25, -0.2) is 0 Å². The molecule has 1 aliphatic rings. The van der Waals surface area contributed by atoms with Crippen LogP contribution >= 0.6 is 0 Å². The summed E-state index contributed by atoms with van der Waals surface area (Å²) in [6, 6.07) is 12.3. The van der Waals surface area contributed by atoms with Crippen LogP contribution in [0.4, 0.5) is 0 Å². The molecule has 21 heavy (non-hydrogen) atoms. The third-order valence-corrected chi connectivity index (χ3v) is 4.34. The first-order chi connectivity index (χ1) is 10.3. The fraction of sp³-hybridized carbons (Fsp3) is 0.684. The summed E-state index contributed by atoms with van der Waals surface area (Å²) >= 11 is 0. The molecule has 1 aromatic rings. The molecule has 1 aliphatic carbocycles. The molecule has 1 fully saturated rings. The van der Waals surface area contributed by atoms with E-state index in [1.807, 2.05) is 0 Å². The molecule has 0 heterocycles. The Morgan fingerprint density at radius 2 is 1.76 bits per heavy atom. The third-order valence-electron chi connectivity index (χ3n) is 4.34. The lowest BCUT2D eigenvalue weighted by molar-refractivity contribution is 0.208. The molecule has 118 valence electrons. The lowest BCUT2D eigenvalue weighted by atomic mass is 10.1.